The Morgan fingerprint density at radius 2 is 1.96 bits per heavy atom. The second kappa shape index (κ2) is 11.1. The normalized spacial score (nSPS) is 10.8. The van der Waals surface area contributed by atoms with Crippen molar-refractivity contribution in [3.05, 3.63) is 29.3 Å². The minimum Gasteiger partial charge on any atom is -0.494 e. The van der Waals surface area contributed by atoms with E-state index in [9.17, 15) is 4.79 Å². The summed E-state index contributed by atoms with van der Waals surface area (Å²) in [5.41, 5.74) is 2.63. The topological polar surface area (TPSA) is 38.3 Å². The van der Waals surface area contributed by atoms with E-state index in [1.54, 1.807) is 0 Å². The van der Waals surface area contributed by atoms with E-state index >= 15 is 0 Å². The fraction of sp³-hybridized carbons (Fsp3) is 0.650. The molecule has 0 aliphatic heterocycles. The number of carbonyl (C=O) groups excluding carboxylic acids is 1. The van der Waals surface area contributed by atoms with Crippen molar-refractivity contribution in [2.24, 2.45) is 0 Å². The van der Waals surface area contributed by atoms with Crippen LogP contribution in [0.1, 0.15) is 76.3 Å². The lowest BCUT2D eigenvalue weighted by Crippen LogP contribution is -2.24. The van der Waals surface area contributed by atoms with Crippen molar-refractivity contribution in [1.82, 2.24) is 5.32 Å². The second-order valence-corrected chi connectivity index (χ2v) is 6.54. The fourth-order valence-corrected chi connectivity index (χ4v) is 2.68. The highest BCUT2D eigenvalue weighted by Gasteiger charge is 2.05. The molecule has 0 unspecified atom stereocenters. The zero-order valence-electron chi connectivity index (χ0n) is 15.3. The third-order valence-electron chi connectivity index (χ3n) is 4.03. The van der Waals surface area contributed by atoms with E-state index in [-0.39, 0.29) is 5.91 Å². The highest BCUT2D eigenvalue weighted by Crippen LogP contribution is 2.23. The van der Waals surface area contributed by atoms with Crippen molar-refractivity contribution in [3.8, 4) is 5.75 Å². The lowest BCUT2D eigenvalue weighted by molar-refractivity contribution is -0.121. The molecule has 0 aromatic heterocycles. The van der Waals surface area contributed by atoms with Gasteiger partial charge in [-0.25, -0.2) is 0 Å². The van der Waals surface area contributed by atoms with Crippen LogP contribution in [0.3, 0.4) is 0 Å². The molecule has 3 heteroatoms. The molecule has 1 N–H and O–H groups in total. The molecule has 0 aliphatic rings. The predicted octanol–water partition coefficient (Wildman–Crippen LogP) is 4.97. The van der Waals surface area contributed by atoms with E-state index in [0.717, 1.165) is 25.1 Å². The first-order valence-electron chi connectivity index (χ1n) is 9.04. The molecule has 0 atom stereocenters. The summed E-state index contributed by atoms with van der Waals surface area (Å²) in [7, 11) is 0. The summed E-state index contributed by atoms with van der Waals surface area (Å²) in [5.74, 6) is 1.56. The minimum atomic E-state index is 0.136. The number of nitrogens with one attached hydrogen (secondary N) is 1. The highest BCUT2D eigenvalue weighted by atomic mass is 16.5. The number of rotatable bonds is 11. The maximum Gasteiger partial charge on any atom is 0.220 e. The SMILES string of the molecule is CCCCCCNC(=O)CCCOc1ccc(C(C)C)c(C)c1. The zero-order valence-corrected chi connectivity index (χ0v) is 15.3. The van der Waals surface area contributed by atoms with Gasteiger partial charge in [0, 0.05) is 13.0 Å². The third-order valence-corrected chi connectivity index (χ3v) is 4.03. The Kier molecular flexibility index (Phi) is 9.42. The largest absolute Gasteiger partial charge is 0.494 e. The van der Waals surface area contributed by atoms with Crippen molar-refractivity contribution in [3.63, 3.8) is 0 Å². The first kappa shape index (κ1) is 19.5. The van der Waals surface area contributed by atoms with Gasteiger partial charge in [-0.1, -0.05) is 46.1 Å². The molecular weight excluding hydrogens is 286 g/mol. The Morgan fingerprint density at radius 1 is 1.17 bits per heavy atom. The maximum absolute atomic E-state index is 11.7. The maximum atomic E-state index is 11.7. The van der Waals surface area contributed by atoms with Crippen LogP contribution in [-0.2, 0) is 4.79 Å². The van der Waals surface area contributed by atoms with Gasteiger partial charge in [-0.3, -0.25) is 4.79 Å². The predicted molar refractivity (Wildman–Crippen MR) is 97.1 cm³/mol. The number of unbranched alkanes of at least 4 members (excludes halogenated alkanes) is 3. The van der Waals surface area contributed by atoms with E-state index < -0.39 is 0 Å². The van der Waals surface area contributed by atoms with Gasteiger partial charge >= 0.3 is 0 Å². The van der Waals surface area contributed by atoms with Crippen molar-refractivity contribution in [1.29, 1.82) is 0 Å². The first-order valence-corrected chi connectivity index (χ1v) is 9.04. The van der Waals surface area contributed by atoms with E-state index in [1.165, 1.54) is 30.4 Å². The van der Waals surface area contributed by atoms with Gasteiger partial charge in [-0.05, 0) is 48.9 Å². The number of aryl methyl sites for hydroxylation is 1. The van der Waals surface area contributed by atoms with E-state index in [4.69, 9.17) is 4.74 Å². The molecule has 0 saturated carbocycles. The first-order chi connectivity index (χ1) is 11.0. The molecule has 23 heavy (non-hydrogen) atoms. The van der Waals surface area contributed by atoms with Gasteiger partial charge in [0.2, 0.25) is 5.91 Å². The van der Waals surface area contributed by atoms with Crippen LogP contribution in [-0.4, -0.2) is 19.1 Å². The minimum absolute atomic E-state index is 0.136. The Bertz CT molecular complexity index is 469. The number of amides is 1. The van der Waals surface area contributed by atoms with Gasteiger partial charge in [-0.2, -0.15) is 0 Å². The molecule has 3 nitrogen and oxygen atoms in total. The number of benzene rings is 1. The second-order valence-electron chi connectivity index (χ2n) is 6.54. The molecule has 0 radical (unpaired) electrons. The van der Waals surface area contributed by atoms with Crippen LogP contribution in [0, 0.1) is 6.92 Å². The molecular formula is C20H33NO2. The molecule has 1 aromatic rings. The van der Waals surface area contributed by atoms with Crippen LogP contribution < -0.4 is 10.1 Å². The molecule has 130 valence electrons. The molecule has 1 aromatic carbocycles. The fourth-order valence-electron chi connectivity index (χ4n) is 2.68. The summed E-state index contributed by atoms with van der Waals surface area (Å²) in [6.07, 6.45) is 6.05. The smallest absolute Gasteiger partial charge is 0.220 e. The molecule has 0 spiro atoms. The van der Waals surface area contributed by atoms with Crippen LogP contribution in [0.25, 0.3) is 0 Å². The number of carbonyl (C=O) groups is 1. The van der Waals surface area contributed by atoms with E-state index in [0.29, 0.717) is 18.9 Å². The summed E-state index contributed by atoms with van der Waals surface area (Å²) in [4.78, 5) is 11.7. The monoisotopic (exact) mass is 319 g/mol. The number of ether oxygens (including phenoxy) is 1. The van der Waals surface area contributed by atoms with Crippen molar-refractivity contribution < 1.29 is 9.53 Å². The average Bonchev–Trinajstić information content (AvgIpc) is 2.51. The van der Waals surface area contributed by atoms with Gasteiger partial charge in [-0.15, -0.1) is 0 Å². The van der Waals surface area contributed by atoms with Crippen LogP contribution in [0.5, 0.6) is 5.75 Å². The van der Waals surface area contributed by atoms with Crippen LogP contribution in [0.15, 0.2) is 18.2 Å². The van der Waals surface area contributed by atoms with Gasteiger partial charge < -0.3 is 10.1 Å². The van der Waals surface area contributed by atoms with Crippen molar-refractivity contribution in [2.75, 3.05) is 13.2 Å². The number of hydrogen-bond acceptors (Lipinski definition) is 2. The third kappa shape index (κ3) is 8.06. The summed E-state index contributed by atoms with van der Waals surface area (Å²) in [5, 5.41) is 2.97. The summed E-state index contributed by atoms with van der Waals surface area (Å²) >= 11 is 0. The lowest BCUT2D eigenvalue weighted by Gasteiger charge is -2.12. The van der Waals surface area contributed by atoms with Crippen LogP contribution in [0.2, 0.25) is 0 Å². The van der Waals surface area contributed by atoms with Crippen molar-refractivity contribution in [2.45, 2.75) is 72.1 Å². The van der Waals surface area contributed by atoms with Crippen molar-refractivity contribution >= 4 is 5.91 Å². The molecule has 0 heterocycles. The molecule has 0 bridgehead atoms. The van der Waals surface area contributed by atoms with Gasteiger partial charge in [0.05, 0.1) is 6.61 Å². The summed E-state index contributed by atoms with van der Waals surface area (Å²) in [6, 6.07) is 6.25. The Labute approximate surface area is 141 Å². The van der Waals surface area contributed by atoms with Crippen LogP contribution in [0.4, 0.5) is 0 Å². The Hall–Kier alpha value is -1.51. The average molecular weight is 319 g/mol. The highest BCUT2D eigenvalue weighted by molar-refractivity contribution is 5.75. The summed E-state index contributed by atoms with van der Waals surface area (Å²) < 4.78 is 5.75. The molecule has 1 amide bonds. The standard InChI is InChI=1S/C20H33NO2/c1-5-6-7-8-13-21-20(22)10-9-14-23-18-11-12-19(16(2)3)17(4)15-18/h11-12,15-16H,5-10,13-14H2,1-4H3,(H,21,22). The molecule has 0 fully saturated rings. The van der Waals surface area contributed by atoms with Gasteiger partial charge in [0.25, 0.3) is 0 Å². The molecule has 0 aliphatic carbocycles. The zero-order chi connectivity index (χ0) is 17.1. The van der Waals surface area contributed by atoms with E-state index in [1.807, 2.05) is 6.07 Å². The summed E-state index contributed by atoms with van der Waals surface area (Å²) in [6.45, 7) is 10.1. The quantitative estimate of drug-likeness (QED) is 0.585. The van der Waals surface area contributed by atoms with Crippen LogP contribution >= 0.6 is 0 Å². The lowest BCUT2D eigenvalue weighted by atomic mass is 9.98. The Morgan fingerprint density at radius 3 is 2.61 bits per heavy atom. The number of hydrogen-bond donors (Lipinski definition) is 1. The molecule has 0 saturated heterocycles. The van der Waals surface area contributed by atoms with E-state index in [2.05, 4.69) is 45.1 Å². The van der Waals surface area contributed by atoms with Gasteiger partial charge in [0.15, 0.2) is 0 Å². The van der Waals surface area contributed by atoms with Gasteiger partial charge in [0.1, 0.15) is 5.75 Å². The Balaban J connectivity index is 2.17. The molecule has 1 rings (SSSR count).